The minimum Gasteiger partial charge on any atom is -0.367 e. The summed E-state index contributed by atoms with van der Waals surface area (Å²) in [5, 5.41) is 24.6. The van der Waals surface area contributed by atoms with Gasteiger partial charge in [-0.2, -0.15) is 0 Å². The summed E-state index contributed by atoms with van der Waals surface area (Å²) >= 11 is 1.39. The molecule has 2 aromatic heterocycles. The molecule has 3 aromatic carbocycles. The van der Waals surface area contributed by atoms with Gasteiger partial charge in [-0.05, 0) is 67.9 Å². The van der Waals surface area contributed by atoms with E-state index in [1.807, 2.05) is 0 Å². The van der Waals surface area contributed by atoms with E-state index in [0.717, 1.165) is 84.9 Å². The highest BCUT2D eigenvalue weighted by Gasteiger charge is 2.30. The maximum absolute atomic E-state index is 13.7. The van der Waals surface area contributed by atoms with E-state index in [1.54, 1.807) is 24.3 Å². The van der Waals surface area contributed by atoms with Crippen molar-refractivity contribution in [1.29, 1.82) is 0 Å². The van der Waals surface area contributed by atoms with E-state index in [9.17, 15) is 14.5 Å². The fourth-order valence-electron chi connectivity index (χ4n) is 5.53. The van der Waals surface area contributed by atoms with Crippen LogP contribution in [-0.2, 0) is 0 Å². The lowest BCUT2D eigenvalue weighted by atomic mass is 10.2. The van der Waals surface area contributed by atoms with E-state index in [1.165, 1.54) is 35.6 Å². The second-order valence-electron chi connectivity index (χ2n) is 10.7. The van der Waals surface area contributed by atoms with Gasteiger partial charge in [-0.3, -0.25) is 10.1 Å². The van der Waals surface area contributed by atoms with Gasteiger partial charge in [-0.25, -0.2) is 9.37 Å². The number of nitrogens with zero attached hydrogens (tertiary/aromatic N) is 7. The van der Waals surface area contributed by atoms with Crippen LogP contribution in [-0.4, -0.2) is 62.3 Å². The molecule has 0 atom stereocenters. The zero-order chi connectivity index (χ0) is 28.8. The lowest BCUT2D eigenvalue weighted by molar-refractivity contribution is -0.384. The number of imidazole rings is 1. The number of non-ortho nitro benzene ring substituents is 1. The maximum Gasteiger partial charge on any atom is 0.269 e. The molecule has 1 saturated heterocycles. The molecule has 5 aromatic rings. The normalized spacial score (nSPS) is 15.8. The van der Waals surface area contributed by atoms with Crippen LogP contribution in [0.2, 0.25) is 0 Å². The van der Waals surface area contributed by atoms with Gasteiger partial charge >= 0.3 is 0 Å². The van der Waals surface area contributed by atoms with Crippen LogP contribution >= 0.6 is 11.3 Å². The van der Waals surface area contributed by atoms with Crippen LogP contribution in [0.4, 0.5) is 26.6 Å². The highest BCUT2D eigenvalue weighted by molar-refractivity contribution is 7.18. The van der Waals surface area contributed by atoms with E-state index in [2.05, 4.69) is 48.9 Å². The number of hydrogen-bond acceptors (Lipinski definition) is 9. The number of aromatic nitrogens is 4. The van der Waals surface area contributed by atoms with Crippen molar-refractivity contribution in [3.05, 3.63) is 76.6 Å². The molecule has 214 valence electrons. The smallest absolute Gasteiger partial charge is 0.269 e. The number of anilines is 3. The van der Waals surface area contributed by atoms with Gasteiger partial charge in [-0.15, -0.1) is 10.2 Å². The largest absolute Gasteiger partial charge is 0.367 e. The van der Waals surface area contributed by atoms with E-state index in [-0.39, 0.29) is 11.5 Å². The number of nitro benzene ring substituents is 1. The van der Waals surface area contributed by atoms with Gasteiger partial charge in [0.25, 0.3) is 5.69 Å². The maximum atomic E-state index is 13.7. The van der Waals surface area contributed by atoms with Crippen molar-refractivity contribution in [3.8, 4) is 22.0 Å². The average Bonchev–Trinajstić information content (AvgIpc) is 3.63. The van der Waals surface area contributed by atoms with Crippen molar-refractivity contribution in [1.82, 2.24) is 24.6 Å². The Bertz CT molecular complexity index is 1760. The standard InChI is InChI=1S/C30H29FN8O2S/c1-2-36-13-15-37(16-14-36)26-18-27-25(32-28(38(27)22-11-12-22)19-3-7-21(31)8-4-19)17-24(26)33-30-35-34-29(42-30)20-5-9-23(10-6-20)39(40)41/h3-10,17-18,22H,2,11-16H2,1H3,(H,33,35). The predicted molar refractivity (Wildman–Crippen MR) is 163 cm³/mol. The Hall–Kier alpha value is -4.42. The monoisotopic (exact) mass is 584 g/mol. The molecule has 2 fully saturated rings. The number of hydrogen-bond donors (Lipinski definition) is 1. The summed E-state index contributed by atoms with van der Waals surface area (Å²) in [4.78, 5) is 20.5. The first kappa shape index (κ1) is 26.5. The molecule has 0 bridgehead atoms. The van der Waals surface area contributed by atoms with Crippen molar-refractivity contribution in [2.75, 3.05) is 42.9 Å². The van der Waals surface area contributed by atoms with Crippen LogP contribution < -0.4 is 10.2 Å². The van der Waals surface area contributed by atoms with E-state index in [4.69, 9.17) is 4.98 Å². The molecule has 0 spiro atoms. The highest BCUT2D eigenvalue weighted by atomic mass is 32.1. The molecule has 12 heteroatoms. The molecule has 0 unspecified atom stereocenters. The summed E-state index contributed by atoms with van der Waals surface area (Å²) < 4.78 is 16.0. The number of fused-ring (bicyclic) bond motifs is 1. The van der Waals surface area contributed by atoms with Crippen molar-refractivity contribution in [3.63, 3.8) is 0 Å². The number of nitrogens with one attached hydrogen (secondary N) is 1. The van der Waals surface area contributed by atoms with Crippen molar-refractivity contribution < 1.29 is 9.31 Å². The first-order chi connectivity index (χ1) is 20.5. The Morgan fingerprint density at radius 3 is 2.38 bits per heavy atom. The molecule has 10 nitrogen and oxygen atoms in total. The third kappa shape index (κ3) is 5.07. The molecule has 3 heterocycles. The van der Waals surface area contributed by atoms with Crippen LogP contribution in [0.15, 0.2) is 60.7 Å². The van der Waals surface area contributed by atoms with Crippen LogP contribution in [0.1, 0.15) is 25.8 Å². The number of nitro groups is 1. The number of rotatable bonds is 8. The number of piperazine rings is 1. The number of likely N-dealkylation sites (N-methyl/N-ethyl adjacent to an activating group) is 1. The zero-order valence-corrected chi connectivity index (χ0v) is 23.9. The van der Waals surface area contributed by atoms with Crippen LogP contribution in [0.25, 0.3) is 33.0 Å². The molecular weight excluding hydrogens is 555 g/mol. The molecule has 0 amide bonds. The lowest BCUT2D eigenvalue weighted by Crippen LogP contribution is -2.46. The summed E-state index contributed by atoms with van der Waals surface area (Å²) in [6.45, 7) is 7.00. The predicted octanol–water partition coefficient (Wildman–Crippen LogP) is 6.49. The third-order valence-corrected chi connectivity index (χ3v) is 8.86. The van der Waals surface area contributed by atoms with Gasteiger partial charge in [-0.1, -0.05) is 18.3 Å². The van der Waals surface area contributed by atoms with Gasteiger partial charge in [0, 0.05) is 55.5 Å². The van der Waals surface area contributed by atoms with Crippen LogP contribution in [0, 0.1) is 15.9 Å². The SMILES string of the molecule is CCN1CCN(c2cc3c(cc2Nc2nnc(-c4ccc([N+](=O)[O-])cc4)s2)nc(-c2ccc(F)cc2)n3C2CC2)CC1. The molecule has 2 aliphatic rings. The Morgan fingerprint density at radius 2 is 1.71 bits per heavy atom. The minimum atomic E-state index is -0.416. The van der Waals surface area contributed by atoms with E-state index >= 15 is 0 Å². The second-order valence-corrected chi connectivity index (χ2v) is 11.6. The zero-order valence-electron chi connectivity index (χ0n) is 23.0. The van der Waals surface area contributed by atoms with Gasteiger partial charge < -0.3 is 19.7 Å². The molecule has 1 N–H and O–H groups in total. The van der Waals surface area contributed by atoms with E-state index < -0.39 is 4.92 Å². The average molecular weight is 585 g/mol. The Balaban J connectivity index is 1.28. The summed E-state index contributed by atoms with van der Waals surface area (Å²) in [6, 6.07) is 17.6. The quantitative estimate of drug-likeness (QED) is 0.163. The number of benzene rings is 3. The molecule has 0 radical (unpaired) electrons. The molecule has 42 heavy (non-hydrogen) atoms. The first-order valence-electron chi connectivity index (χ1n) is 14.1. The fourth-order valence-corrected chi connectivity index (χ4v) is 6.29. The van der Waals surface area contributed by atoms with Crippen LogP contribution in [0.5, 0.6) is 0 Å². The molecule has 1 aliphatic heterocycles. The summed E-state index contributed by atoms with van der Waals surface area (Å²) in [7, 11) is 0. The van der Waals surface area contributed by atoms with Crippen molar-refractivity contribution in [2.45, 2.75) is 25.8 Å². The molecule has 7 rings (SSSR count). The lowest BCUT2D eigenvalue weighted by Gasteiger charge is -2.36. The summed E-state index contributed by atoms with van der Waals surface area (Å²) in [6.07, 6.45) is 2.20. The summed E-state index contributed by atoms with van der Waals surface area (Å²) in [5.74, 6) is 0.584. The molecule has 1 aliphatic carbocycles. The van der Waals surface area contributed by atoms with Crippen molar-refractivity contribution >= 4 is 44.6 Å². The molecule has 1 saturated carbocycles. The summed E-state index contributed by atoms with van der Waals surface area (Å²) in [5.41, 5.74) is 5.60. The second kappa shape index (κ2) is 10.8. The Kier molecular flexibility index (Phi) is 6.79. The van der Waals surface area contributed by atoms with Crippen LogP contribution in [0.3, 0.4) is 0 Å². The topological polar surface area (TPSA) is 105 Å². The first-order valence-corrected chi connectivity index (χ1v) is 14.9. The highest BCUT2D eigenvalue weighted by Crippen LogP contribution is 2.44. The van der Waals surface area contributed by atoms with Gasteiger partial charge in [0.15, 0.2) is 0 Å². The van der Waals surface area contributed by atoms with Crippen molar-refractivity contribution in [2.24, 2.45) is 0 Å². The minimum absolute atomic E-state index is 0.0355. The van der Waals surface area contributed by atoms with Gasteiger partial charge in [0.1, 0.15) is 16.6 Å². The van der Waals surface area contributed by atoms with E-state index in [0.29, 0.717) is 16.2 Å². The Labute approximate surface area is 245 Å². The fraction of sp³-hybridized carbons (Fsp3) is 0.300. The Morgan fingerprint density at radius 1 is 1.00 bits per heavy atom. The third-order valence-electron chi connectivity index (χ3n) is 7.97. The van der Waals surface area contributed by atoms with Gasteiger partial charge in [0.2, 0.25) is 5.13 Å². The van der Waals surface area contributed by atoms with Gasteiger partial charge in [0.05, 0.1) is 27.3 Å². The molecular formula is C30H29FN8O2S. The number of halogens is 1.